The highest BCUT2D eigenvalue weighted by Crippen LogP contribution is 2.32. The van der Waals surface area contributed by atoms with Gasteiger partial charge in [0.05, 0.1) is 18.6 Å². The highest BCUT2D eigenvalue weighted by atomic mass is 35.5. The van der Waals surface area contributed by atoms with Gasteiger partial charge < -0.3 is 36.3 Å². The number of aliphatic hydroxyl groups excluding tert-OH is 2. The van der Waals surface area contributed by atoms with Crippen LogP contribution in [0.3, 0.4) is 0 Å². The number of aliphatic carboxylic acids is 1. The van der Waals surface area contributed by atoms with Gasteiger partial charge in [0, 0.05) is 12.5 Å². The summed E-state index contributed by atoms with van der Waals surface area (Å²) in [6, 6.07) is -1.02. The molecule has 15 heteroatoms. The minimum Gasteiger partial charge on any atom is -0.548 e. The van der Waals surface area contributed by atoms with Crippen LogP contribution in [-0.4, -0.2) is 77.8 Å². The molecule has 1 aliphatic heterocycles. The maximum atomic E-state index is 10.7. The number of nitrogens with two attached hydrogens (primary N) is 2. The number of ether oxygens (including phenoxy) is 1. The van der Waals surface area contributed by atoms with E-state index in [2.05, 4.69) is 15.0 Å². The van der Waals surface area contributed by atoms with E-state index in [-0.39, 0.29) is 60.4 Å². The van der Waals surface area contributed by atoms with Crippen LogP contribution in [-0.2, 0) is 20.4 Å². The molecule has 0 amide bonds. The largest absolute Gasteiger partial charge is 0.548 e. The maximum Gasteiger partial charge on any atom is 0.167 e. The zero-order valence-corrected chi connectivity index (χ0v) is 19.1. The van der Waals surface area contributed by atoms with Crippen molar-refractivity contribution in [2.75, 3.05) is 23.5 Å². The second-order valence-electron chi connectivity index (χ2n) is 6.50. The number of anilines is 1. The third-order valence-corrected chi connectivity index (χ3v) is 6.36. The Bertz CT molecular complexity index is 833. The second-order valence-corrected chi connectivity index (χ2v) is 8.80. The summed E-state index contributed by atoms with van der Waals surface area (Å²) in [6.45, 7) is 0. The lowest BCUT2D eigenvalue weighted by Crippen LogP contribution is -2.43. The summed E-state index contributed by atoms with van der Waals surface area (Å²) in [5, 5.41) is 31.5. The first-order chi connectivity index (χ1) is 12.8. The molecule has 6 atom stereocenters. The molecule has 11 nitrogen and oxygen atoms in total. The smallest absolute Gasteiger partial charge is 0.167 e. The first kappa shape index (κ1) is 28.9. The van der Waals surface area contributed by atoms with Crippen molar-refractivity contribution in [3.05, 3.63) is 12.7 Å². The number of fused-ring (bicyclic) bond motifs is 1. The molecule has 1 saturated heterocycles. The van der Waals surface area contributed by atoms with Crippen LogP contribution in [0.5, 0.6) is 0 Å². The van der Waals surface area contributed by atoms with Crippen molar-refractivity contribution in [1.29, 1.82) is 0 Å². The number of carbonyl (C=O) groups excluding carboxylic acids is 1. The highest BCUT2D eigenvalue weighted by molar-refractivity contribution is 7.96. The van der Waals surface area contributed by atoms with Crippen molar-refractivity contribution in [3.8, 4) is 0 Å². The molecular formula is C15H25Cl3N6O5S. The lowest BCUT2D eigenvalue weighted by molar-refractivity contribution is -0.307. The molecular weight excluding hydrogens is 483 g/mol. The fourth-order valence-corrected chi connectivity index (χ4v) is 4.62. The fraction of sp³-hybridized carbons (Fsp3) is 0.600. The average molecular weight is 508 g/mol. The predicted octanol–water partition coefficient (Wildman–Crippen LogP) is -1.99. The number of rotatable bonds is 7. The Morgan fingerprint density at radius 1 is 1.30 bits per heavy atom. The second kappa shape index (κ2) is 12.1. The summed E-state index contributed by atoms with van der Waals surface area (Å²) in [7, 11) is -0.263. The standard InChI is InChI=1S/C15H22N6O5S.3ClH/c1-27(3-2-7(16)15(24)25)4-8-10(22)11(23)14(26-8)21-6-20-9-12(17)18-5-19-13(9)21;;;/h5-8,10-11,14,22-23H,2-4,16H2,1H3,(H2-,17,18,19,24,25);3*1H/t7-,8+,10+,11+,14+,27?;;;/m0.../s1. The van der Waals surface area contributed by atoms with E-state index >= 15 is 0 Å². The molecule has 30 heavy (non-hydrogen) atoms. The molecule has 2 aromatic heterocycles. The van der Waals surface area contributed by atoms with Gasteiger partial charge in [-0.05, 0) is 10.9 Å². The quantitative estimate of drug-likeness (QED) is 0.306. The minimum atomic E-state index is -1.28. The van der Waals surface area contributed by atoms with Gasteiger partial charge in [0.2, 0.25) is 0 Å². The molecule has 0 radical (unpaired) electrons. The van der Waals surface area contributed by atoms with E-state index in [1.807, 2.05) is 6.26 Å². The van der Waals surface area contributed by atoms with Crippen LogP contribution in [0.1, 0.15) is 12.6 Å². The molecule has 0 bridgehead atoms. The van der Waals surface area contributed by atoms with Gasteiger partial charge in [-0.2, -0.15) is 0 Å². The number of hydrogen-bond donors (Lipinski definition) is 4. The van der Waals surface area contributed by atoms with E-state index in [9.17, 15) is 20.1 Å². The van der Waals surface area contributed by atoms with Crippen LogP contribution < -0.4 is 16.6 Å². The summed E-state index contributed by atoms with van der Waals surface area (Å²) in [5.41, 5.74) is 12.0. The lowest BCUT2D eigenvalue weighted by atomic mass is 10.1. The number of hydrogen-bond acceptors (Lipinski definition) is 10. The third kappa shape index (κ3) is 5.98. The van der Waals surface area contributed by atoms with E-state index < -0.39 is 36.6 Å². The van der Waals surface area contributed by atoms with Gasteiger partial charge in [0.1, 0.15) is 41.7 Å². The number of carboxylic acid groups (broad SMARTS) is 1. The van der Waals surface area contributed by atoms with Gasteiger partial charge in [-0.1, -0.05) is 0 Å². The van der Waals surface area contributed by atoms with Crippen molar-refractivity contribution >= 4 is 71.1 Å². The molecule has 6 N–H and O–H groups in total. The van der Waals surface area contributed by atoms with Crippen LogP contribution in [0.25, 0.3) is 11.2 Å². The predicted molar refractivity (Wildman–Crippen MR) is 118 cm³/mol. The summed E-state index contributed by atoms with van der Waals surface area (Å²) >= 11 is 0. The van der Waals surface area contributed by atoms with Gasteiger partial charge in [0.15, 0.2) is 17.7 Å². The number of carbonyl (C=O) groups is 1. The number of carboxylic acids is 1. The zero-order chi connectivity index (χ0) is 19.7. The van der Waals surface area contributed by atoms with E-state index in [0.29, 0.717) is 22.7 Å². The van der Waals surface area contributed by atoms with Crippen molar-refractivity contribution in [1.82, 2.24) is 19.5 Å². The van der Waals surface area contributed by atoms with Crippen LogP contribution in [0.15, 0.2) is 12.7 Å². The third-order valence-electron chi connectivity index (χ3n) is 4.53. The Morgan fingerprint density at radius 2 is 1.97 bits per heavy atom. The van der Waals surface area contributed by atoms with Crippen LogP contribution in [0.4, 0.5) is 5.82 Å². The first-order valence-corrected chi connectivity index (χ1v) is 10.3. The summed E-state index contributed by atoms with van der Waals surface area (Å²) in [5.74, 6) is -0.0611. The number of nitrogen functional groups attached to an aromatic ring is 1. The zero-order valence-electron chi connectivity index (χ0n) is 15.9. The molecule has 0 saturated carbocycles. The van der Waals surface area contributed by atoms with Gasteiger partial charge in [-0.3, -0.25) is 4.57 Å². The molecule has 2 aromatic rings. The summed E-state index contributed by atoms with van der Waals surface area (Å²) in [6.07, 6.45) is 1.17. The Morgan fingerprint density at radius 3 is 2.60 bits per heavy atom. The Balaban J connectivity index is 0.00000280. The molecule has 1 unspecified atom stereocenters. The van der Waals surface area contributed by atoms with E-state index in [4.69, 9.17) is 16.2 Å². The van der Waals surface area contributed by atoms with E-state index in [1.54, 1.807) is 0 Å². The topological polar surface area (TPSA) is 185 Å². The Hall–Kier alpha value is -1.12. The molecule has 1 aliphatic rings. The van der Waals surface area contributed by atoms with Gasteiger partial charge in [0.25, 0.3) is 0 Å². The van der Waals surface area contributed by atoms with Crippen LogP contribution in [0.2, 0.25) is 0 Å². The maximum absolute atomic E-state index is 10.7. The number of aliphatic hydroxyl groups is 2. The average Bonchev–Trinajstić information content (AvgIpc) is 3.17. The molecule has 3 heterocycles. The Labute approximate surface area is 194 Å². The molecule has 172 valence electrons. The first-order valence-electron chi connectivity index (χ1n) is 8.29. The number of nitrogens with zero attached hydrogens (tertiary/aromatic N) is 4. The normalized spacial score (nSPS) is 24.9. The van der Waals surface area contributed by atoms with Gasteiger partial charge in [-0.15, -0.1) is 37.2 Å². The van der Waals surface area contributed by atoms with Crippen molar-refractivity contribution in [3.63, 3.8) is 0 Å². The van der Waals surface area contributed by atoms with Crippen molar-refractivity contribution < 1.29 is 24.9 Å². The summed E-state index contributed by atoms with van der Waals surface area (Å²) in [4.78, 5) is 22.8. The van der Waals surface area contributed by atoms with Crippen LogP contribution >= 0.6 is 37.2 Å². The molecule has 0 aliphatic carbocycles. The Kier molecular flexibility index (Phi) is 11.6. The number of imidazole rings is 1. The van der Waals surface area contributed by atoms with E-state index in [1.165, 1.54) is 17.2 Å². The minimum absolute atomic E-state index is 0. The van der Waals surface area contributed by atoms with Crippen LogP contribution in [0, 0.1) is 0 Å². The molecule has 0 spiro atoms. The SMILES string of the molecule is C[S+](CC[C@H](N)C(=O)[O-])C[C@H]1O[C@@H](n2cnc3c(N)ncnc32)[C@H](O)[C@@H]1O.Cl.Cl.Cl. The highest BCUT2D eigenvalue weighted by Gasteiger charge is 2.46. The van der Waals surface area contributed by atoms with E-state index in [0.717, 1.165) is 0 Å². The lowest BCUT2D eigenvalue weighted by Gasteiger charge is -2.16. The van der Waals surface area contributed by atoms with Gasteiger partial charge >= 0.3 is 0 Å². The molecule has 3 rings (SSSR count). The van der Waals surface area contributed by atoms with Crippen molar-refractivity contribution in [2.45, 2.75) is 37.0 Å². The monoisotopic (exact) mass is 506 g/mol. The number of aromatic nitrogens is 4. The fourth-order valence-electron chi connectivity index (χ4n) is 2.96. The molecule has 0 aromatic carbocycles. The van der Waals surface area contributed by atoms with Crippen molar-refractivity contribution in [2.24, 2.45) is 5.73 Å². The summed E-state index contributed by atoms with van der Waals surface area (Å²) < 4.78 is 7.39. The molecule has 1 fully saturated rings. The number of halogens is 3. The van der Waals surface area contributed by atoms with Gasteiger partial charge in [-0.25, -0.2) is 15.0 Å².